The molecule has 6 unspecified atom stereocenters. The van der Waals surface area contributed by atoms with E-state index in [1.165, 1.54) is 68.8 Å². The first-order valence-corrected chi connectivity index (χ1v) is 18.7. The molecule has 8 rings (SSSR count). The van der Waals surface area contributed by atoms with Crippen LogP contribution in [0.3, 0.4) is 0 Å². The molecule has 3 heterocycles. The van der Waals surface area contributed by atoms with E-state index in [1.807, 2.05) is 0 Å². The Balaban J connectivity index is 1.34. The van der Waals surface area contributed by atoms with Crippen LogP contribution in [0.25, 0.3) is 0 Å². The number of nitro benzene ring substituents is 1. The molecule has 0 bridgehead atoms. The number of nitrogens with one attached hydrogen (secondary N) is 1. The van der Waals surface area contributed by atoms with Gasteiger partial charge in [-0.1, -0.05) is 53.1 Å². The molecule has 19 heteroatoms. The number of nitro groups is 1. The summed E-state index contributed by atoms with van der Waals surface area (Å²) in [5, 5.41) is 23.9. The van der Waals surface area contributed by atoms with Crippen molar-refractivity contribution in [2.45, 2.75) is 30.4 Å². The third-order valence-electron chi connectivity index (χ3n) is 11.7. The number of carbonyl (C=O) groups excluding carboxylic acids is 4. The van der Waals surface area contributed by atoms with E-state index in [0.29, 0.717) is 22.8 Å². The quantitative estimate of drug-likeness (QED) is 0.0790. The molecule has 2 saturated heterocycles. The molecule has 3 aromatic carbocycles. The van der Waals surface area contributed by atoms with Crippen LogP contribution in [0, 0.1) is 33.8 Å². The standard InChI is InChI=1S/C40H30Cl2F3N5O9/c1-58-23-14-29(51)32(30(15-23)59-2)33-24-10-11-25-31(37(54)48(35(25)52)21-4-3-5-22(13-21)50(56)57)26(24)16-27-36(53)49(38(55)39(27,33)18-6-8-20(41)9-7-18)47-34-28(42)12-19(17-46-34)40(43,44)45/h3-10,12-15,17,25-27,31,33,51H,11,16H2,1-2H3,(H,46,47). The van der Waals surface area contributed by atoms with E-state index in [-0.39, 0.29) is 51.9 Å². The molecule has 4 aliphatic rings. The minimum Gasteiger partial charge on any atom is -0.507 e. The third kappa shape index (κ3) is 6.04. The Kier molecular flexibility index (Phi) is 9.58. The lowest BCUT2D eigenvalue weighted by molar-refractivity contribution is -0.384. The number of pyridine rings is 1. The molecule has 2 aliphatic carbocycles. The van der Waals surface area contributed by atoms with E-state index in [1.54, 1.807) is 6.08 Å². The van der Waals surface area contributed by atoms with E-state index >= 15 is 4.79 Å². The number of methoxy groups -OCH3 is 2. The average molecular weight is 853 g/mol. The number of halogens is 5. The number of imide groups is 2. The van der Waals surface area contributed by atoms with E-state index in [2.05, 4.69) is 10.4 Å². The van der Waals surface area contributed by atoms with Gasteiger partial charge in [-0.15, -0.1) is 0 Å². The number of rotatable bonds is 8. The molecule has 1 saturated carbocycles. The van der Waals surface area contributed by atoms with Crippen molar-refractivity contribution in [2.24, 2.45) is 23.7 Å². The maximum absolute atomic E-state index is 15.5. The normalized spacial score (nSPS) is 25.0. The number of aromatic nitrogens is 1. The first kappa shape index (κ1) is 39.6. The monoisotopic (exact) mass is 851 g/mol. The highest BCUT2D eigenvalue weighted by Gasteiger charge is 2.71. The number of non-ortho nitro benzene ring substituents is 1. The fourth-order valence-electron chi connectivity index (χ4n) is 9.26. The summed E-state index contributed by atoms with van der Waals surface area (Å²) in [6, 6.07) is 14.5. The molecule has 0 radical (unpaired) electrons. The summed E-state index contributed by atoms with van der Waals surface area (Å²) < 4.78 is 51.8. The SMILES string of the molecule is COc1cc(O)c(C2C3=CCC4C(=O)N(c5cccc([N+](=O)[O-])c5)C(=O)C4C3CC3C(=O)N(Nc4ncc(C(F)(F)F)cc4Cl)C(=O)C32c2ccc(Cl)cc2)c(OC)c1. The number of carbonyl (C=O) groups is 4. The molecule has 14 nitrogen and oxygen atoms in total. The van der Waals surface area contributed by atoms with Crippen molar-refractivity contribution in [3.05, 3.63) is 121 Å². The van der Waals surface area contributed by atoms with Crippen LogP contribution in [-0.2, 0) is 30.8 Å². The number of allylic oxidation sites excluding steroid dienone is 2. The molecule has 0 spiro atoms. The van der Waals surface area contributed by atoms with Crippen LogP contribution in [0.4, 0.5) is 30.4 Å². The number of fused-ring (bicyclic) bond motifs is 4. The molecular formula is C40H30Cl2F3N5O9. The topological polar surface area (TPSA) is 182 Å². The van der Waals surface area contributed by atoms with E-state index in [9.17, 15) is 42.8 Å². The lowest BCUT2D eigenvalue weighted by Gasteiger charge is -2.50. The van der Waals surface area contributed by atoms with Gasteiger partial charge in [0.1, 0.15) is 17.2 Å². The summed E-state index contributed by atoms with van der Waals surface area (Å²) in [7, 11) is 2.68. The Morgan fingerprint density at radius 1 is 0.966 bits per heavy atom. The lowest BCUT2D eigenvalue weighted by Crippen LogP contribution is -2.53. The maximum Gasteiger partial charge on any atom is 0.417 e. The highest BCUT2D eigenvalue weighted by Crippen LogP contribution is 2.66. The van der Waals surface area contributed by atoms with E-state index in [0.717, 1.165) is 11.0 Å². The van der Waals surface area contributed by atoms with Crippen molar-refractivity contribution in [3.63, 3.8) is 0 Å². The number of aromatic hydroxyl groups is 1. The van der Waals surface area contributed by atoms with Crippen molar-refractivity contribution in [2.75, 3.05) is 24.5 Å². The zero-order valence-electron chi connectivity index (χ0n) is 30.7. The second-order valence-corrected chi connectivity index (χ2v) is 15.3. The van der Waals surface area contributed by atoms with Gasteiger partial charge in [0.25, 0.3) is 17.5 Å². The Morgan fingerprint density at radius 3 is 2.34 bits per heavy atom. The molecule has 304 valence electrons. The molecule has 1 aromatic heterocycles. The van der Waals surface area contributed by atoms with Crippen molar-refractivity contribution in [3.8, 4) is 17.2 Å². The molecular weight excluding hydrogens is 822 g/mol. The Labute approximate surface area is 342 Å². The fraction of sp³-hybridized carbons (Fsp3) is 0.275. The molecule has 59 heavy (non-hydrogen) atoms. The van der Waals surface area contributed by atoms with Gasteiger partial charge in [0.2, 0.25) is 11.8 Å². The number of anilines is 2. The van der Waals surface area contributed by atoms with Crippen LogP contribution in [0.5, 0.6) is 17.2 Å². The van der Waals surface area contributed by atoms with Gasteiger partial charge in [-0.25, -0.2) is 9.88 Å². The molecule has 2 aliphatic heterocycles. The Bertz CT molecular complexity index is 2520. The molecule has 2 N–H and O–H groups in total. The Morgan fingerprint density at radius 2 is 1.69 bits per heavy atom. The minimum atomic E-state index is -4.81. The fourth-order valence-corrected chi connectivity index (χ4v) is 9.60. The molecule has 4 amide bonds. The number of alkyl halides is 3. The van der Waals surface area contributed by atoms with Crippen LogP contribution in [0.15, 0.2) is 84.6 Å². The smallest absolute Gasteiger partial charge is 0.417 e. The number of nitrogens with zero attached hydrogens (tertiary/aromatic N) is 4. The number of hydrogen-bond donors (Lipinski definition) is 2. The van der Waals surface area contributed by atoms with Crippen LogP contribution < -0.4 is 19.8 Å². The molecule has 4 aromatic rings. The summed E-state index contributed by atoms with van der Waals surface area (Å²) in [6.07, 6.45) is -2.86. The van der Waals surface area contributed by atoms with Gasteiger partial charge in [-0.2, -0.15) is 18.2 Å². The van der Waals surface area contributed by atoms with Crippen molar-refractivity contribution in [1.82, 2.24) is 9.99 Å². The first-order chi connectivity index (χ1) is 28.0. The van der Waals surface area contributed by atoms with Gasteiger partial charge >= 0.3 is 6.18 Å². The van der Waals surface area contributed by atoms with Crippen LogP contribution >= 0.6 is 23.2 Å². The maximum atomic E-state index is 15.5. The summed E-state index contributed by atoms with van der Waals surface area (Å²) >= 11 is 12.6. The second-order valence-electron chi connectivity index (χ2n) is 14.5. The summed E-state index contributed by atoms with van der Waals surface area (Å²) in [6.45, 7) is 0. The summed E-state index contributed by atoms with van der Waals surface area (Å²) in [5.41, 5.74) is -0.296. The number of amides is 4. The van der Waals surface area contributed by atoms with Gasteiger partial charge in [0.05, 0.1) is 58.6 Å². The molecule has 3 fully saturated rings. The first-order valence-electron chi connectivity index (χ1n) is 17.9. The number of hydrogen-bond acceptors (Lipinski definition) is 11. The summed E-state index contributed by atoms with van der Waals surface area (Å²) in [4.78, 5) is 74.8. The van der Waals surface area contributed by atoms with Crippen molar-refractivity contribution < 1.29 is 51.9 Å². The number of ether oxygens (including phenoxy) is 2. The van der Waals surface area contributed by atoms with Gasteiger partial charge in [0, 0.05) is 47.0 Å². The number of benzene rings is 3. The third-order valence-corrected chi connectivity index (χ3v) is 12.2. The zero-order chi connectivity index (χ0) is 42.3. The van der Waals surface area contributed by atoms with Crippen molar-refractivity contribution >= 4 is 64.0 Å². The van der Waals surface area contributed by atoms with E-state index < -0.39 is 91.9 Å². The second kappa shape index (κ2) is 14.3. The van der Waals surface area contributed by atoms with Crippen LogP contribution in [-0.4, -0.2) is 57.9 Å². The van der Waals surface area contributed by atoms with Gasteiger partial charge in [-0.05, 0) is 48.6 Å². The predicted molar refractivity (Wildman–Crippen MR) is 204 cm³/mol. The largest absolute Gasteiger partial charge is 0.507 e. The number of phenols is 1. The lowest BCUT2D eigenvalue weighted by atomic mass is 9.49. The van der Waals surface area contributed by atoms with Gasteiger partial charge < -0.3 is 14.6 Å². The minimum absolute atomic E-state index is 0.0223. The van der Waals surface area contributed by atoms with E-state index in [4.69, 9.17) is 32.7 Å². The number of phenolic OH excluding ortho intramolecular Hbond substituents is 1. The zero-order valence-corrected chi connectivity index (χ0v) is 32.2. The van der Waals surface area contributed by atoms with Crippen LogP contribution in [0.2, 0.25) is 10.0 Å². The van der Waals surface area contributed by atoms with Gasteiger partial charge in [-0.3, -0.25) is 34.7 Å². The molecule has 6 atom stereocenters. The predicted octanol–water partition coefficient (Wildman–Crippen LogP) is 7.23. The highest BCUT2D eigenvalue weighted by atomic mass is 35.5. The van der Waals surface area contributed by atoms with Gasteiger partial charge in [0.15, 0.2) is 5.82 Å². The Hall–Kier alpha value is -6.20. The highest BCUT2D eigenvalue weighted by molar-refractivity contribution is 6.33. The average Bonchev–Trinajstić information content (AvgIpc) is 3.58. The number of hydrazine groups is 1. The summed E-state index contributed by atoms with van der Waals surface area (Å²) in [5.74, 6) is -9.50. The van der Waals surface area contributed by atoms with Crippen molar-refractivity contribution in [1.29, 1.82) is 0 Å². The van der Waals surface area contributed by atoms with Crippen LogP contribution in [0.1, 0.15) is 35.4 Å².